The lowest BCUT2D eigenvalue weighted by Crippen LogP contribution is -2.43. The molecule has 0 aromatic heterocycles. The van der Waals surface area contributed by atoms with E-state index >= 15 is 0 Å². The van der Waals surface area contributed by atoms with Crippen molar-refractivity contribution in [2.75, 3.05) is 13.2 Å². The molecular formula is C14H20NO3P. The Morgan fingerprint density at radius 2 is 2.16 bits per heavy atom. The molecule has 1 saturated heterocycles. The molecule has 104 valence electrons. The third kappa shape index (κ3) is 2.07. The van der Waals surface area contributed by atoms with Crippen LogP contribution in [0.25, 0.3) is 0 Å². The van der Waals surface area contributed by atoms with Crippen molar-refractivity contribution < 1.29 is 13.6 Å². The molecule has 4 nitrogen and oxygen atoms in total. The summed E-state index contributed by atoms with van der Waals surface area (Å²) in [5, 5.41) is 3.06. The molecule has 2 aliphatic rings. The van der Waals surface area contributed by atoms with Gasteiger partial charge in [-0.1, -0.05) is 37.3 Å². The summed E-state index contributed by atoms with van der Waals surface area (Å²) in [6, 6.07) is 10.2. The van der Waals surface area contributed by atoms with Gasteiger partial charge in [-0.25, -0.2) is 0 Å². The highest BCUT2D eigenvalue weighted by molar-refractivity contribution is 7.56. The van der Waals surface area contributed by atoms with Crippen LogP contribution in [0.4, 0.5) is 0 Å². The molecule has 3 rings (SSSR count). The number of nitrogens with one attached hydrogen (secondary N) is 1. The second-order valence-electron chi connectivity index (χ2n) is 5.35. The van der Waals surface area contributed by atoms with E-state index in [4.69, 9.17) is 9.05 Å². The average Bonchev–Trinajstić information content (AvgIpc) is 3.07. The molecule has 0 bridgehead atoms. The first-order chi connectivity index (χ1) is 9.11. The fourth-order valence-corrected chi connectivity index (χ4v) is 5.46. The Balaban J connectivity index is 1.84. The molecule has 1 heterocycles. The minimum absolute atomic E-state index is 0.0914. The van der Waals surface area contributed by atoms with Crippen molar-refractivity contribution in [3.05, 3.63) is 35.9 Å². The Bertz CT molecular complexity index is 507. The fourth-order valence-electron chi connectivity index (χ4n) is 2.89. The van der Waals surface area contributed by atoms with E-state index in [0.29, 0.717) is 19.1 Å². The molecule has 2 fully saturated rings. The highest BCUT2D eigenvalue weighted by Gasteiger charge is 2.68. The maximum atomic E-state index is 12.8. The summed E-state index contributed by atoms with van der Waals surface area (Å²) in [6.45, 7) is 4.77. The first-order valence-electron chi connectivity index (χ1n) is 6.83. The van der Waals surface area contributed by atoms with Gasteiger partial charge in [-0.15, -0.1) is 0 Å². The first kappa shape index (κ1) is 13.3. The molecule has 1 aliphatic heterocycles. The van der Waals surface area contributed by atoms with Crippen LogP contribution in [0.2, 0.25) is 0 Å². The molecule has 0 unspecified atom stereocenters. The van der Waals surface area contributed by atoms with Gasteiger partial charge in [0.25, 0.3) is 0 Å². The minimum Gasteiger partial charge on any atom is -0.308 e. The van der Waals surface area contributed by atoms with Crippen molar-refractivity contribution in [2.24, 2.45) is 5.92 Å². The molecule has 5 heteroatoms. The average molecular weight is 281 g/mol. The van der Waals surface area contributed by atoms with Gasteiger partial charge in [0.1, 0.15) is 5.28 Å². The lowest BCUT2D eigenvalue weighted by molar-refractivity contribution is 0.143. The number of hydrogen-bond acceptors (Lipinski definition) is 4. The maximum Gasteiger partial charge on any atom is 0.350 e. The Morgan fingerprint density at radius 3 is 2.74 bits per heavy atom. The van der Waals surface area contributed by atoms with Crippen LogP contribution in [0.3, 0.4) is 0 Å². The second kappa shape index (κ2) is 4.71. The smallest absolute Gasteiger partial charge is 0.308 e. The van der Waals surface area contributed by atoms with E-state index in [0.717, 1.165) is 6.42 Å². The van der Waals surface area contributed by atoms with Gasteiger partial charge in [-0.2, -0.15) is 0 Å². The quantitative estimate of drug-likeness (QED) is 0.863. The van der Waals surface area contributed by atoms with E-state index < -0.39 is 12.9 Å². The van der Waals surface area contributed by atoms with Crippen LogP contribution in [-0.2, 0) is 13.6 Å². The first-order valence-corrected chi connectivity index (χ1v) is 8.37. The summed E-state index contributed by atoms with van der Waals surface area (Å²) in [5.41, 5.74) is 1.17. The van der Waals surface area contributed by atoms with E-state index in [1.165, 1.54) is 5.56 Å². The van der Waals surface area contributed by atoms with Crippen molar-refractivity contribution >= 4 is 7.60 Å². The van der Waals surface area contributed by atoms with E-state index in [9.17, 15) is 4.57 Å². The summed E-state index contributed by atoms with van der Waals surface area (Å²) < 4.78 is 24.0. The Hall–Kier alpha value is -0.670. The minimum atomic E-state index is -3.03. The van der Waals surface area contributed by atoms with E-state index in [2.05, 4.69) is 24.4 Å². The van der Waals surface area contributed by atoms with E-state index in [-0.39, 0.29) is 6.04 Å². The van der Waals surface area contributed by atoms with Crippen LogP contribution < -0.4 is 5.32 Å². The van der Waals surface area contributed by atoms with Crippen molar-refractivity contribution in [3.63, 3.8) is 0 Å². The normalized spacial score (nSPS) is 41.4. The molecule has 1 aliphatic carbocycles. The molecule has 4 atom stereocenters. The lowest BCUT2D eigenvalue weighted by Gasteiger charge is -2.37. The number of benzene rings is 1. The molecular weight excluding hydrogens is 261 g/mol. The van der Waals surface area contributed by atoms with Crippen LogP contribution >= 0.6 is 7.60 Å². The van der Waals surface area contributed by atoms with E-state index in [1.807, 2.05) is 25.1 Å². The maximum absolute atomic E-state index is 12.8. The predicted molar refractivity (Wildman–Crippen MR) is 74.0 cm³/mol. The Kier molecular flexibility index (Phi) is 3.30. The van der Waals surface area contributed by atoms with Gasteiger partial charge < -0.3 is 9.05 Å². The zero-order valence-electron chi connectivity index (χ0n) is 11.3. The summed E-state index contributed by atoms with van der Waals surface area (Å²) in [4.78, 5) is 0. The molecule has 0 radical (unpaired) electrons. The van der Waals surface area contributed by atoms with Crippen LogP contribution in [0, 0.1) is 5.92 Å². The van der Waals surface area contributed by atoms with E-state index in [1.54, 1.807) is 0 Å². The third-order valence-electron chi connectivity index (χ3n) is 4.10. The molecule has 1 aromatic rings. The highest BCUT2D eigenvalue weighted by Crippen LogP contribution is 2.74. The summed E-state index contributed by atoms with van der Waals surface area (Å²) >= 11 is 0. The topological polar surface area (TPSA) is 47.6 Å². The molecule has 1 N–H and O–H groups in total. The number of rotatable bonds is 3. The van der Waals surface area contributed by atoms with Gasteiger partial charge in [-0.3, -0.25) is 9.88 Å². The highest BCUT2D eigenvalue weighted by atomic mass is 31.2. The van der Waals surface area contributed by atoms with Crippen LogP contribution in [-0.4, -0.2) is 18.5 Å². The molecule has 1 aromatic carbocycles. The lowest BCUT2D eigenvalue weighted by atomic mass is 10.1. The molecule has 1 spiro atoms. The summed E-state index contributed by atoms with van der Waals surface area (Å²) in [5.74, 6) is 0.330. The molecule has 0 amide bonds. The predicted octanol–water partition coefficient (Wildman–Crippen LogP) is 3.31. The van der Waals surface area contributed by atoms with Gasteiger partial charge >= 0.3 is 7.60 Å². The van der Waals surface area contributed by atoms with Crippen LogP contribution in [0.1, 0.15) is 31.9 Å². The SMILES string of the molecule is CCO[P@]1(=O)OC[C@@H](c2ccccc2)N[C@@]12C[C@@H]2C. The Morgan fingerprint density at radius 1 is 1.47 bits per heavy atom. The third-order valence-corrected chi connectivity index (χ3v) is 6.91. The van der Waals surface area contributed by atoms with Crippen molar-refractivity contribution in [2.45, 2.75) is 31.6 Å². The Labute approximate surface area is 114 Å². The fraction of sp³-hybridized carbons (Fsp3) is 0.571. The molecule has 1 saturated carbocycles. The van der Waals surface area contributed by atoms with Crippen LogP contribution in [0.15, 0.2) is 30.3 Å². The largest absolute Gasteiger partial charge is 0.350 e. The zero-order chi connectivity index (χ0) is 13.5. The van der Waals surface area contributed by atoms with Gasteiger partial charge in [0.15, 0.2) is 0 Å². The van der Waals surface area contributed by atoms with Crippen LogP contribution in [0.5, 0.6) is 0 Å². The van der Waals surface area contributed by atoms with Gasteiger partial charge in [0.05, 0.1) is 19.3 Å². The molecule has 19 heavy (non-hydrogen) atoms. The standard InChI is InChI=1S/C14H20NO3P/c1-3-17-19(16)14(9-11(14)2)15-13(10-18-19)12-7-5-4-6-8-12/h4-8,11,13,15H,3,9-10H2,1-2H3/t11-,13-,14-,19-/m0/s1. The monoisotopic (exact) mass is 281 g/mol. The van der Waals surface area contributed by atoms with Gasteiger partial charge in [0.2, 0.25) is 0 Å². The van der Waals surface area contributed by atoms with Gasteiger partial charge in [-0.05, 0) is 24.8 Å². The summed E-state index contributed by atoms with van der Waals surface area (Å²) in [6.07, 6.45) is 0.855. The van der Waals surface area contributed by atoms with Crippen molar-refractivity contribution in [3.8, 4) is 0 Å². The van der Waals surface area contributed by atoms with Gasteiger partial charge in [0, 0.05) is 0 Å². The van der Waals surface area contributed by atoms with Crippen molar-refractivity contribution in [1.29, 1.82) is 0 Å². The number of hydrogen-bond donors (Lipinski definition) is 1. The second-order valence-corrected chi connectivity index (χ2v) is 7.66. The zero-order valence-corrected chi connectivity index (χ0v) is 12.2. The summed E-state index contributed by atoms with van der Waals surface area (Å²) in [7, 11) is -3.03. The van der Waals surface area contributed by atoms with Crippen molar-refractivity contribution in [1.82, 2.24) is 5.32 Å².